The van der Waals surface area contributed by atoms with E-state index in [9.17, 15) is 0 Å². The minimum Gasteiger partial charge on any atom is -0.494 e. The average Bonchev–Trinajstić information content (AvgIpc) is 3.23. The molecule has 0 saturated carbocycles. The highest BCUT2D eigenvalue weighted by Crippen LogP contribution is 2.33. The third-order valence-corrected chi connectivity index (χ3v) is 3.65. The molecule has 2 aromatic carbocycles. The van der Waals surface area contributed by atoms with Crippen LogP contribution < -0.4 is 4.74 Å². The van der Waals surface area contributed by atoms with Crippen molar-refractivity contribution >= 4 is 11.0 Å². The summed E-state index contributed by atoms with van der Waals surface area (Å²) in [7, 11) is 1.66. The minimum atomic E-state index is 0.717. The van der Waals surface area contributed by atoms with Crippen LogP contribution in [0.25, 0.3) is 28.1 Å². The molecule has 4 aromatic rings. The Kier molecular flexibility index (Phi) is 2.89. The van der Waals surface area contributed by atoms with Crippen molar-refractivity contribution in [3.8, 4) is 22.8 Å². The van der Waals surface area contributed by atoms with Crippen LogP contribution in [0.4, 0.5) is 0 Å². The van der Waals surface area contributed by atoms with Crippen LogP contribution in [0.1, 0.15) is 0 Å². The molecule has 0 radical (unpaired) electrons. The molecule has 0 aliphatic carbocycles. The van der Waals surface area contributed by atoms with E-state index in [-0.39, 0.29) is 0 Å². The molecule has 0 unspecified atom stereocenters. The zero-order chi connectivity index (χ0) is 14.9. The maximum Gasteiger partial charge on any atom is 0.213 e. The summed E-state index contributed by atoms with van der Waals surface area (Å²) in [4.78, 5) is 12.1. The fourth-order valence-corrected chi connectivity index (χ4v) is 2.58. The fourth-order valence-electron chi connectivity index (χ4n) is 2.58. The highest BCUT2D eigenvalue weighted by Gasteiger charge is 2.14. The van der Waals surface area contributed by atoms with Gasteiger partial charge in [0.25, 0.3) is 0 Å². The maximum absolute atomic E-state index is 5.45. The Morgan fingerprint density at radius 1 is 1.09 bits per heavy atom. The molecule has 0 bridgehead atoms. The Morgan fingerprint density at radius 3 is 2.68 bits per heavy atom. The topological polar surface area (TPSA) is 55.7 Å². The van der Waals surface area contributed by atoms with Gasteiger partial charge < -0.3 is 9.72 Å². The normalized spacial score (nSPS) is 11.0. The van der Waals surface area contributed by atoms with Gasteiger partial charge >= 0.3 is 0 Å². The Morgan fingerprint density at radius 2 is 1.95 bits per heavy atom. The van der Waals surface area contributed by atoms with Gasteiger partial charge in [0.05, 0.1) is 7.11 Å². The van der Waals surface area contributed by atoms with Crippen molar-refractivity contribution in [3.63, 3.8) is 0 Å². The molecule has 0 atom stereocenters. The van der Waals surface area contributed by atoms with Crippen LogP contribution in [0.2, 0.25) is 0 Å². The van der Waals surface area contributed by atoms with E-state index in [1.807, 2.05) is 41.1 Å². The lowest BCUT2D eigenvalue weighted by atomic mass is 10.0. The van der Waals surface area contributed by atoms with E-state index in [4.69, 9.17) is 9.72 Å². The molecule has 4 rings (SSSR count). The molecular weight excluding hydrogens is 276 g/mol. The smallest absolute Gasteiger partial charge is 0.213 e. The van der Waals surface area contributed by atoms with E-state index >= 15 is 0 Å². The van der Waals surface area contributed by atoms with Gasteiger partial charge in [0, 0.05) is 18.0 Å². The van der Waals surface area contributed by atoms with Gasteiger partial charge in [-0.25, -0.2) is 9.97 Å². The van der Waals surface area contributed by atoms with Crippen molar-refractivity contribution in [1.82, 2.24) is 19.5 Å². The first-order chi connectivity index (χ1) is 10.9. The number of H-pyrrole nitrogens is 1. The quantitative estimate of drug-likeness (QED) is 0.629. The predicted molar refractivity (Wildman–Crippen MR) is 85.2 cm³/mol. The second kappa shape index (κ2) is 5.04. The molecule has 22 heavy (non-hydrogen) atoms. The molecule has 0 aliphatic rings. The van der Waals surface area contributed by atoms with Gasteiger partial charge in [0.1, 0.15) is 23.1 Å². The largest absolute Gasteiger partial charge is 0.494 e. The number of hydrogen-bond donors (Lipinski definition) is 1. The molecule has 1 N–H and O–H groups in total. The number of hydrogen-bond acceptors (Lipinski definition) is 3. The van der Waals surface area contributed by atoms with Gasteiger partial charge in [-0.1, -0.05) is 30.3 Å². The molecule has 108 valence electrons. The SMILES string of the molecule is COc1ccc(-c2ccccc2)c2nc(-n3ccnc3)[nH]c12. The molecule has 0 saturated heterocycles. The molecular formula is C17H14N4O. The van der Waals surface area contributed by atoms with Crippen LogP contribution in [0.3, 0.4) is 0 Å². The molecule has 0 spiro atoms. The van der Waals surface area contributed by atoms with E-state index in [0.717, 1.165) is 27.9 Å². The maximum atomic E-state index is 5.45. The molecule has 0 aliphatic heterocycles. The zero-order valence-corrected chi connectivity index (χ0v) is 12.0. The molecule has 5 heteroatoms. The van der Waals surface area contributed by atoms with Gasteiger partial charge in [-0.3, -0.25) is 4.57 Å². The summed E-state index contributed by atoms with van der Waals surface area (Å²) in [5.41, 5.74) is 3.96. The summed E-state index contributed by atoms with van der Waals surface area (Å²) < 4.78 is 7.29. The molecule has 2 heterocycles. The Hall–Kier alpha value is -3.08. The Bertz CT molecular complexity index is 911. The lowest BCUT2D eigenvalue weighted by Gasteiger charge is -2.05. The van der Waals surface area contributed by atoms with Crippen molar-refractivity contribution in [2.75, 3.05) is 7.11 Å². The monoisotopic (exact) mass is 290 g/mol. The van der Waals surface area contributed by atoms with Crippen LogP contribution in [0, 0.1) is 0 Å². The summed E-state index contributed by atoms with van der Waals surface area (Å²) in [6.45, 7) is 0. The van der Waals surface area contributed by atoms with Crippen LogP contribution in [-0.4, -0.2) is 26.6 Å². The van der Waals surface area contributed by atoms with Crippen LogP contribution in [-0.2, 0) is 0 Å². The minimum absolute atomic E-state index is 0.717. The van der Waals surface area contributed by atoms with Crippen LogP contribution in [0.5, 0.6) is 5.75 Å². The molecule has 0 fully saturated rings. The van der Waals surface area contributed by atoms with E-state index in [1.54, 1.807) is 19.6 Å². The van der Waals surface area contributed by atoms with E-state index < -0.39 is 0 Å². The van der Waals surface area contributed by atoms with E-state index in [2.05, 4.69) is 22.1 Å². The lowest BCUT2D eigenvalue weighted by molar-refractivity contribution is 0.419. The third-order valence-electron chi connectivity index (χ3n) is 3.65. The standard InChI is InChI=1S/C17H14N4O/c1-22-14-8-7-13(12-5-3-2-4-6-12)15-16(14)20-17(19-15)21-10-9-18-11-21/h2-11H,1H3,(H,19,20). The molecule has 2 aromatic heterocycles. The van der Waals surface area contributed by atoms with Gasteiger partial charge in [-0.05, 0) is 17.7 Å². The van der Waals surface area contributed by atoms with Crippen molar-refractivity contribution in [2.45, 2.75) is 0 Å². The van der Waals surface area contributed by atoms with E-state index in [0.29, 0.717) is 5.95 Å². The summed E-state index contributed by atoms with van der Waals surface area (Å²) in [6.07, 6.45) is 5.29. The summed E-state index contributed by atoms with van der Waals surface area (Å²) in [5, 5.41) is 0. The van der Waals surface area contributed by atoms with Crippen LogP contribution >= 0.6 is 0 Å². The Balaban J connectivity index is 1.99. The highest BCUT2D eigenvalue weighted by molar-refractivity contribution is 5.96. The Labute approximate surface area is 127 Å². The predicted octanol–water partition coefficient (Wildman–Crippen LogP) is 3.42. The first-order valence-corrected chi connectivity index (χ1v) is 6.97. The number of aromatic nitrogens is 4. The van der Waals surface area contributed by atoms with Crippen molar-refractivity contribution in [1.29, 1.82) is 0 Å². The summed E-state index contributed by atoms with van der Waals surface area (Å²) in [5.74, 6) is 1.49. The number of imidazole rings is 2. The number of methoxy groups -OCH3 is 1. The molecule has 5 nitrogen and oxygen atoms in total. The second-order valence-corrected chi connectivity index (χ2v) is 4.94. The third kappa shape index (κ3) is 1.95. The number of nitrogens with one attached hydrogen (secondary N) is 1. The second-order valence-electron chi connectivity index (χ2n) is 4.94. The number of ether oxygens (including phenoxy) is 1. The van der Waals surface area contributed by atoms with Crippen molar-refractivity contribution in [2.24, 2.45) is 0 Å². The number of aromatic amines is 1. The first kappa shape index (κ1) is 12.6. The highest BCUT2D eigenvalue weighted by atomic mass is 16.5. The number of benzene rings is 2. The lowest BCUT2D eigenvalue weighted by Crippen LogP contribution is -1.91. The fraction of sp³-hybridized carbons (Fsp3) is 0.0588. The first-order valence-electron chi connectivity index (χ1n) is 6.97. The van der Waals surface area contributed by atoms with E-state index in [1.165, 1.54) is 0 Å². The number of nitrogens with zero attached hydrogens (tertiary/aromatic N) is 3. The van der Waals surface area contributed by atoms with Crippen molar-refractivity contribution < 1.29 is 4.74 Å². The van der Waals surface area contributed by atoms with Gasteiger partial charge in [-0.15, -0.1) is 0 Å². The van der Waals surface area contributed by atoms with Gasteiger partial charge in [0.2, 0.25) is 5.95 Å². The summed E-state index contributed by atoms with van der Waals surface area (Å²) >= 11 is 0. The average molecular weight is 290 g/mol. The summed E-state index contributed by atoms with van der Waals surface area (Å²) in [6, 6.07) is 14.2. The van der Waals surface area contributed by atoms with Crippen molar-refractivity contribution in [3.05, 3.63) is 61.2 Å². The van der Waals surface area contributed by atoms with Gasteiger partial charge in [-0.2, -0.15) is 0 Å². The van der Waals surface area contributed by atoms with Crippen LogP contribution in [0.15, 0.2) is 61.2 Å². The van der Waals surface area contributed by atoms with Gasteiger partial charge in [0.15, 0.2) is 0 Å². The molecule has 0 amide bonds. The number of rotatable bonds is 3. The number of fused-ring (bicyclic) bond motifs is 1. The zero-order valence-electron chi connectivity index (χ0n) is 12.0.